The first-order chi connectivity index (χ1) is 29.7. The van der Waals surface area contributed by atoms with E-state index in [1.807, 2.05) is 11.3 Å². The molecule has 0 unspecified atom stereocenters. The Balaban J connectivity index is 1.00. The molecule has 0 atom stereocenters. The van der Waals surface area contributed by atoms with E-state index in [4.69, 9.17) is 0 Å². The largest absolute Gasteiger partial charge is 0.310 e. The van der Waals surface area contributed by atoms with E-state index in [-0.39, 0.29) is 0 Å². The fraction of sp³-hybridized carbons (Fsp3) is 0. The average molecular weight is 782 g/mol. The predicted octanol–water partition coefficient (Wildman–Crippen LogP) is 17.0. The van der Waals surface area contributed by atoms with Crippen LogP contribution in [-0.2, 0) is 0 Å². The number of para-hydroxylation sites is 1. The minimum absolute atomic E-state index is 1.09. The highest BCUT2D eigenvalue weighted by molar-refractivity contribution is 7.26. The summed E-state index contributed by atoms with van der Waals surface area (Å²) in [6.45, 7) is 0. The van der Waals surface area contributed by atoms with Gasteiger partial charge >= 0.3 is 0 Å². The molecule has 0 spiro atoms. The SMILES string of the molecule is c1ccc(-c2ccc(-c3ccccc3N(c3ccc(-c4cccc(-c5cccc6c5sc5ccccc56)c4)cc3)c3cccc(-c4ccc5ccccc5c4)c3)cc2)cc1. The summed E-state index contributed by atoms with van der Waals surface area (Å²) < 4.78 is 2.66. The van der Waals surface area contributed by atoms with Crippen LogP contribution in [0.1, 0.15) is 0 Å². The zero-order chi connectivity index (χ0) is 39.8. The summed E-state index contributed by atoms with van der Waals surface area (Å²) in [6.07, 6.45) is 0. The van der Waals surface area contributed by atoms with Crippen LogP contribution < -0.4 is 4.90 Å². The van der Waals surface area contributed by atoms with Gasteiger partial charge in [0, 0.05) is 37.1 Å². The summed E-state index contributed by atoms with van der Waals surface area (Å²) in [5, 5.41) is 5.12. The second kappa shape index (κ2) is 15.3. The molecule has 0 aliphatic heterocycles. The van der Waals surface area contributed by atoms with Gasteiger partial charge in [0.05, 0.1) is 5.69 Å². The van der Waals surface area contributed by atoms with Gasteiger partial charge in [-0.1, -0.05) is 188 Å². The van der Waals surface area contributed by atoms with Gasteiger partial charge in [0.1, 0.15) is 0 Å². The highest BCUT2D eigenvalue weighted by Crippen LogP contribution is 2.44. The first-order valence-electron chi connectivity index (χ1n) is 20.5. The van der Waals surface area contributed by atoms with Crippen molar-refractivity contribution >= 4 is 59.3 Å². The van der Waals surface area contributed by atoms with E-state index in [9.17, 15) is 0 Å². The topological polar surface area (TPSA) is 3.24 Å². The molecule has 11 aromatic rings. The standard InChI is InChI=1S/C58H39NS/c1-2-13-40(14-3-1)42-27-30-44(31-28-42)52-21-6-8-25-56(52)59(51-20-11-18-47(39-51)48-32-29-41-15-4-5-16-45(41)37-48)50-35-33-43(34-36-50)46-17-10-19-49(38-46)53-23-12-24-55-54-22-7-9-26-57(54)60-58(53)55/h1-39H. The van der Waals surface area contributed by atoms with Crippen LogP contribution in [0, 0.1) is 0 Å². The van der Waals surface area contributed by atoms with Crippen molar-refractivity contribution in [1.29, 1.82) is 0 Å². The second-order valence-electron chi connectivity index (χ2n) is 15.3. The van der Waals surface area contributed by atoms with Crippen LogP contribution in [0.15, 0.2) is 237 Å². The van der Waals surface area contributed by atoms with Gasteiger partial charge in [0.15, 0.2) is 0 Å². The highest BCUT2D eigenvalue weighted by Gasteiger charge is 2.19. The lowest BCUT2D eigenvalue weighted by atomic mass is 9.96. The van der Waals surface area contributed by atoms with Gasteiger partial charge in [-0.15, -0.1) is 11.3 Å². The minimum atomic E-state index is 1.09. The van der Waals surface area contributed by atoms with Crippen molar-refractivity contribution in [2.24, 2.45) is 0 Å². The number of thiophene rings is 1. The zero-order valence-corrected chi connectivity index (χ0v) is 33.7. The minimum Gasteiger partial charge on any atom is -0.310 e. The van der Waals surface area contributed by atoms with Crippen LogP contribution in [0.25, 0.3) is 86.6 Å². The first kappa shape index (κ1) is 35.6. The zero-order valence-electron chi connectivity index (χ0n) is 32.9. The average Bonchev–Trinajstić information content (AvgIpc) is 3.72. The maximum Gasteiger partial charge on any atom is 0.0540 e. The Kier molecular flexibility index (Phi) is 9.11. The summed E-state index contributed by atoms with van der Waals surface area (Å²) in [7, 11) is 0. The van der Waals surface area contributed by atoms with Gasteiger partial charge in [-0.05, 0) is 109 Å². The fourth-order valence-corrected chi connectivity index (χ4v) is 9.89. The summed E-state index contributed by atoms with van der Waals surface area (Å²) >= 11 is 1.88. The number of hydrogen-bond acceptors (Lipinski definition) is 2. The summed E-state index contributed by atoms with van der Waals surface area (Å²) in [4.78, 5) is 2.41. The Hall–Kier alpha value is -7.52. The van der Waals surface area contributed by atoms with E-state index in [2.05, 4.69) is 241 Å². The lowest BCUT2D eigenvalue weighted by Crippen LogP contribution is -2.11. The van der Waals surface area contributed by atoms with Crippen molar-refractivity contribution in [3.05, 3.63) is 237 Å². The molecule has 11 rings (SSSR count). The van der Waals surface area contributed by atoms with E-state index in [0.29, 0.717) is 0 Å². The molecule has 0 saturated carbocycles. The molecule has 0 amide bonds. The number of rotatable bonds is 8. The Morgan fingerprint density at radius 2 is 0.833 bits per heavy atom. The normalized spacial score (nSPS) is 11.3. The van der Waals surface area contributed by atoms with Crippen molar-refractivity contribution in [2.45, 2.75) is 0 Å². The van der Waals surface area contributed by atoms with Crippen LogP contribution in [0.4, 0.5) is 17.1 Å². The highest BCUT2D eigenvalue weighted by atomic mass is 32.1. The molecule has 0 fully saturated rings. The molecule has 1 nitrogen and oxygen atoms in total. The third-order valence-corrected chi connectivity index (χ3v) is 12.9. The van der Waals surface area contributed by atoms with Gasteiger partial charge in [0.2, 0.25) is 0 Å². The molecule has 0 radical (unpaired) electrons. The molecular weight excluding hydrogens is 743 g/mol. The van der Waals surface area contributed by atoms with Gasteiger partial charge in [0.25, 0.3) is 0 Å². The number of benzene rings is 10. The van der Waals surface area contributed by atoms with E-state index in [0.717, 1.165) is 17.1 Å². The first-order valence-corrected chi connectivity index (χ1v) is 21.3. The predicted molar refractivity (Wildman–Crippen MR) is 259 cm³/mol. The Labute approximate surface area is 354 Å². The van der Waals surface area contributed by atoms with Crippen LogP contribution >= 0.6 is 11.3 Å². The van der Waals surface area contributed by atoms with Crippen LogP contribution in [-0.4, -0.2) is 0 Å². The fourth-order valence-electron chi connectivity index (χ4n) is 8.65. The maximum absolute atomic E-state index is 2.41. The number of fused-ring (bicyclic) bond motifs is 4. The number of anilines is 3. The molecule has 0 bridgehead atoms. The smallest absolute Gasteiger partial charge is 0.0540 e. The molecule has 1 heterocycles. The van der Waals surface area contributed by atoms with E-state index in [1.165, 1.54) is 86.6 Å². The summed E-state index contributed by atoms with van der Waals surface area (Å²) in [5.74, 6) is 0. The molecule has 60 heavy (non-hydrogen) atoms. The van der Waals surface area contributed by atoms with Gasteiger partial charge in [-0.2, -0.15) is 0 Å². The Morgan fingerprint density at radius 1 is 0.283 bits per heavy atom. The third kappa shape index (κ3) is 6.63. The molecule has 2 heteroatoms. The molecule has 0 saturated heterocycles. The lowest BCUT2D eigenvalue weighted by molar-refractivity contribution is 1.28. The van der Waals surface area contributed by atoms with E-state index >= 15 is 0 Å². The third-order valence-electron chi connectivity index (χ3n) is 11.7. The van der Waals surface area contributed by atoms with E-state index < -0.39 is 0 Å². The molecule has 10 aromatic carbocycles. The molecule has 282 valence electrons. The van der Waals surface area contributed by atoms with Gasteiger partial charge < -0.3 is 4.90 Å². The van der Waals surface area contributed by atoms with Crippen molar-refractivity contribution in [3.63, 3.8) is 0 Å². The van der Waals surface area contributed by atoms with Crippen LogP contribution in [0.2, 0.25) is 0 Å². The van der Waals surface area contributed by atoms with Gasteiger partial charge in [-0.25, -0.2) is 0 Å². The molecule has 0 aliphatic rings. The quantitative estimate of drug-likeness (QED) is 0.148. The second-order valence-corrected chi connectivity index (χ2v) is 16.4. The van der Waals surface area contributed by atoms with Crippen molar-refractivity contribution in [2.75, 3.05) is 4.90 Å². The summed E-state index contributed by atoms with van der Waals surface area (Å²) in [5.41, 5.74) is 15.3. The molecular formula is C58H39NS. The Bertz CT molecular complexity index is 3310. The maximum atomic E-state index is 2.41. The number of hydrogen-bond donors (Lipinski definition) is 0. The molecule has 1 aromatic heterocycles. The van der Waals surface area contributed by atoms with Crippen molar-refractivity contribution in [1.82, 2.24) is 0 Å². The molecule has 0 N–H and O–H groups in total. The monoisotopic (exact) mass is 781 g/mol. The van der Waals surface area contributed by atoms with Crippen molar-refractivity contribution in [3.8, 4) is 55.6 Å². The number of nitrogens with zero attached hydrogens (tertiary/aromatic N) is 1. The van der Waals surface area contributed by atoms with E-state index in [1.54, 1.807) is 0 Å². The van der Waals surface area contributed by atoms with Crippen LogP contribution in [0.3, 0.4) is 0 Å². The molecule has 0 aliphatic carbocycles. The van der Waals surface area contributed by atoms with Crippen molar-refractivity contribution < 1.29 is 0 Å². The summed E-state index contributed by atoms with van der Waals surface area (Å²) in [6, 6.07) is 86.1. The van der Waals surface area contributed by atoms with Gasteiger partial charge in [-0.3, -0.25) is 0 Å². The Morgan fingerprint density at radius 3 is 1.70 bits per heavy atom. The van der Waals surface area contributed by atoms with Crippen LogP contribution in [0.5, 0.6) is 0 Å². The lowest BCUT2D eigenvalue weighted by Gasteiger charge is -2.28.